The van der Waals surface area contributed by atoms with E-state index in [-0.39, 0.29) is 5.82 Å². The van der Waals surface area contributed by atoms with Gasteiger partial charge in [-0.2, -0.15) is 0 Å². The number of furan rings is 1. The molecule has 19 heavy (non-hydrogen) atoms. The van der Waals surface area contributed by atoms with Crippen molar-refractivity contribution < 1.29 is 13.0 Å². The van der Waals surface area contributed by atoms with Crippen LogP contribution in [-0.2, 0) is 10.8 Å². The Hall–Kier alpha value is -1.94. The summed E-state index contributed by atoms with van der Waals surface area (Å²) in [5.41, 5.74) is 0.713. The Balaban J connectivity index is 2.16. The molecule has 0 bridgehead atoms. The second kappa shape index (κ2) is 4.63. The van der Waals surface area contributed by atoms with Crippen molar-refractivity contribution in [3.8, 4) is 0 Å². The second-order valence-corrected chi connectivity index (χ2v) is 5.62. The van der Waals surface area contributed by atoms with E-state index < -0.39 is 10.8 Å². The molecular formula is C15H11FO2S. The van der Waals surface area contributed by atoms with Crippen molar-refractivity contribution in [1.82, 2.24) is 0 Å². The monoisotopic (exact) mass is 274 g/mol. The van der Waals surface area contributed by atoms with Crippen molar-refractivity contribution in [1.29, 1.82) is 0 Å². The molecule has 0 fully saturated rings. The molecule has 0 amide bonds. The van der Waals surface area contributed by atoms with Gasteiger partial charge in [0.2, 0.25) is 0 Å². The Kier molecular flexibility index (Phi) is 2.95. The molecule has 96 valence electrons. The molecular weight excluding hydrogens is 263 g/mol. The highest BCUT2D eigenvalue weighted by molar-refractivity contribution is 7.85. The van der Waals surface area contributed by atoms with Gasteiger partial charge in [0, 0.05) is 10.3 Å². The number of halogens is 1. The molecule has 0 unspecified atom stereocenters. The van der Waals surface area contributed by atoms with E-state index in [2.05, 4.69) is 0 Å². The predicted octanol–water partition coefficient (Wildman–Crippen LogP) is 4.05. The first-order chi connectivity index (χ1) is 9.16. The number of hydrogen-bond acceptors (Lipinski definition) is 2. The van der Waals surface area contributed by atoms with E-state index >= 15 is 0 Å². The molecule has 3 aromatic rings. The fourth-order valence-corrected chi connectivity index (χ4v) is 3.34. The molecule has 2 nitrogen and oxygen atoms in total. The van der Waals surface area contributed by atoms with Crippen LogP contribution in [0, 0.1) is 12.7 Å². The van der Waals surface area contributed by atoms with E-state index in [4.69, 9.17) is 4.42 Å². The number of benzene rings is 2. The minimum Gasteiger partial charge on any atom is -0.460 e. The molecule has 0 spiro atoms. The first kappa shape index (κ1) is 12.1. The molecule has 0 saturated heterocycles. The quantitative estimate of drug-likeness (QED) is 0.705. The van der Waals surface area contributed by atoms with Gasteiger partial charge < -0.3 is 4.42 Å². The van der Waals surface area contributed by atoms with Gasteiger partial charge in [0.05, 0.1) is 15.7 Å². The van der Waals surface area contributed by atoms with Crippen molar-refractivity contribution in [2.45, 2.75) is 16.7 Å². The van der Waals surface area contributed by atoms with Gasteiger partial charge in [-0.15, -0.1) is 0 Å². The van der Waals surface area contributed by atoms with Gasteiger partial charge in [-0.3, -0.25) is 0 Å². The van der Waals surface area contributed by atoms with Crippen molar-refractivity contribution in [3.63, 3.8) is 0 Å². The van der Waals surface area contributed by atoms with Crippen LogP contribution < -0.4 is 0 Å². The molecule has 0 radical (unpaired) electrons. The number of hydrogen-bond donors (Lipinski definition) is 0. The third kappa shape index (κ3) is 2.08. The summed E-state index contributed by atoms with van der Waals surface area (Å²) in [5.74, 6) is 0.290. The van der Waals surface area contributed by atoms with E-state index in [0.29, 0.717) is 21.1 Å². The molecule has 0 aliphatic heterocycles. The maximum atomic E-state index is 12.9. The third-order valence-electron chi connectivity index (χ3n) is 2.93. The summed E-state index contributed by atoms with van der Waals surface area (Å²) >= 11 is 0. The smallest absolute Gasteiger partial charge is 0.135 e. The van der Waals surface area contributed by atoms with Crippen molar-refractivity contribution in [2.75, 3.05) is 0 Å². The average Bonchev–Trinajstić information content (AvgIpc) is 2.74. The topological polar surface area (TPSA) is 30.2 Å². The van der Waals surface area contributed by atoms with Crippen molar-refractivity contribution in [2.24, 2.45) is 0 Å². The summed E-state index contributed by atoms with van der Waals surface area (Å²) in [4.78, 5) is 1.22. The number of aryl methyl sites for hydroxylation is 1. The van der Waals surface area contributed by atoms with Crippen molar-refractivity contribution >= 4 is 21.8 Å². The summed E-state index contributed by atoms with van der Waals surface area (Å²) in [5, 5.41) is 0.836. The minimum absolute atomic E-state index is 0.338. The van der Waals surface area contributed by atoms with E-state index in [1.54, 1.807) is 6.92 Å². The Bertz CT molecular complexity index is 759. The Labute approximate surface area is 112 Å². The molecule has 3 rings (SSSR count). The molecule has 0 N–H and O–H groups in total. The van der Waals surface area contributed by atoms with Gasteiger partial charge in [0.25, 0.3) is 0 Å². The van der Waals surface area contributed by atoms with E-state index in [9.17, 15) is 8.60 Å². The lowest BCUT2D eigenvalue weighted by Gasteiger charge is -2.01. The average molecular weight is 274 g/mol. The van der Waals surface area contributed by atoms with Gasteiger partial charge in [-0.1, -0.05) is 12.1 Å². The molecule has 0 saturated carbocycles. The Morgan fingerprint density at radius 3 is 2.47 bits per heavy atom. The zero-order valence-electron chi connectivity index (χ0n) is 10.2. The molecule has 0 aliphatic carbocycles. The van der Waals surface area contributed by atoms with Crippen LogP contribution in [0.1, 0.15) is 5.76 Å². The first-order valence-corrected chi connectivity index (χ1v) is 6.97. The van der Waals surface area contributed by atoms with E-state index in [0.717, 1.165) is 5.39 Å². The molecule has 4 heteroatoms. The highest BCUT2D eigenvalue weighted by Crippen LogP contribution is 2.30. The molecule has 1 aromatic heterocycles. The normalized spacial score (nSPS) is 12.7. The lowest BCUT2D eigenvalue weighted by molar-refractivity contribution is 0.566. The largest absolute Gasteiger partial charge is 0.460 e. The minimum atomic E-state index is -1.37. The van der Waals surface area contributed by atoms with Crippen LogP contribution in [0.5, 0.6) is 0 Å². The Morgan fingerprint density at radius 1 is 1.05 bits per heavy atom. The van der Waals surface area contributed by atoms with Crippen LogP contribution in [0.3, 0.4) is 0 Å². The van der Waals surface area contributed by atoms with Crippen LogP contribution in [0.15, 0.2) is 62.7 Å². The number of rotatable bonds is 2. The third-order valence-corrected chi connectivity index (χ3v) is 4.51. The highest BCUT2D eigenvalue weighted by Gasteiger charge is 2.18. The van der Waals surface area contributed by atoms with Crippen LogP contribution in [0.2, 0.25) is 0 Å². The SMILES string of the molecule is Cc1oc2ccccc2c1[S@@](=O)c1ccc(F)cc1. The van der Waals surface area contributed by atoms with Crippen LogP contribution in [-0.4, -0.2) is 4.21 Å². The van der Waals surface area contributed by atoms with Gasteiger partial charge in [0.15, 0.2) is 0 Å². The fourth-order valence-electron chi connectivity index (χ4n) is 2.05. The summed E-state index contributed by atoms with van der Waals surface area (Å²) in [6, 6.07) is 13.2. The lowest BCUT2D eigenvalue weighted by atomic mass is 10.2. The van der Waals surface area contributed by atoms with Crippen LogP contribution in [0.25, 0.3) is 11.0 Å². The maximum absolute atomic E-state index is 12.9. The van der Waals surface area contributed by atoms with Crippen LogP contribution in [0.4, 0.5) is 4.39 Å². The van der Waals surface area contributed by atoms with Crippen LogP contribution >= 0.6 is 0 Å². The molecule has 1 atom stereocenters. The molecule has 0 aliphatic rings. The van der Waals surface area contributed by atoms with Crippen molar-refractivity contribution in [3.05, 3.63) is 60.1 Å². The van der Waals surface area contributed by atoms with E-state index in [1.807, 2.05) is 24.3 Å². The second-order valence-electron chi connectivity index (χ2n) is 4.21. The number of fused-ring (bicyclic) bond motifs is 1. The highest BCUT2D eigenvalue weighted by atomic mass is 32.2. The summed E-state index contributed by atoms with van der Waals surface area (Å²) in [6.07, 6.45) is 0. The van der Waals surface area contributed by atoms with Gasteiger partial charge in [0.1, 0.15) is 17.2 Å². The maximum Gasteiger partial charge on any atom is 0.135 e. The standard InChI is InChI=1S/C15H11FO2S/c1-10-15(13-4-2-3-5-14(13)18-10)19(17)12-8-6-11(16)7-9-12/h2-9H,1H3/t19-/m0/s1. The summed E-state index contributed by atoms with van der Waals surface area (Å²) in [6.45, 7) is 1.79. The summed E-state index contributed by atoms with van der Waals surface area (Å²) in [7, 11) is -1.37. The summed E-state index contributed by atoms with van der Waals surface area (Å²) < 4.78 is 31.1. The Morgan fingerprint density at radius 2 is 1.74 bits per heavy atom. The molecule has 1 heterocycles. The molecule has 2 aromatic carbocycles. The fraction of sp³-hybridized carbons (Fsp3) is 0.0667. The van der Waals surface area contributed by atoms with Gasteiger partial charge in [-0.05, 0) is 43.3 Å². The predicted molar refractivity (Wildman–Crippen MR) is 72.0 cm³/mol. The first-order valence-electron chi connectivity index (χ1n) is 5.82. The van der Waals surface area contributed by atoms with E-state index in [1.165, 1.54) is 24.3 Å². The number of para-hydroxylation sites is 1. The zero-order chi connectivity index (χ0) is 13.4. The zero-order valence-corrected chi connectivity index (χ0v) is 11.0. The van der Waals surface area contributed by atoms with Gasteiger partial charge in [-0.25, -0.2) is 8.60 Å². The van der Waals surface area contributed by atoms with Gasteiger partial charge >= 0.3 is 0 Å². The lowest BCUT2D eigenvalue weighted by Crippen LogP contribution is -1.93.